The summed E-state index contributed by atoms with van der Waals surface area (Å²) in [6.45, 7) is 6.56. The molecule has 16 heavy (non-hydrogen) atoms. The normalized spacial score (nSPS) is 13.0. The number of carboxylic acid groups (broad SMARTS) is 1. The minimum Gasteiger partial charge on any atom is -0.479 e. The smallest absolute Gasteiger partial charge is 0.332 e. The van der Waals surface area contributed by atoms with E-state index >= 15 is 0 Å². The highest BCUT2D eigenvalue weighted by Crippen LogP contribution is 2.04. The van der Waals surface area contributed by atoms with Gasteiger partial charge < -0.3 is 9.84 Å². The average molecular weight is 227 g/mol. The molecule has 0 amide bonds. The summed E-state index contributed by atoms with van der Waals surface area (Å²) in [7, 11) is 0. The molecule has 1 unspecified atom stereocenters. The molecule has 1 aromatic heterocycles. The van der Waals surface area contributed by atoms with Crippen LogP contribution in [0.4, 0.5) is 0 Å². The molecule has 0 aliphatic rings. The first-order chi connectivity index (χ1) is 7.50. The first kappa shape index (κ1) is 12.6. The van der Waals surface area contributed by atoms with Crippen molar-refractivity contribution in [3.05, 3.63) is 12.2 Å². The number of hydrogen-bond donors (Lipinski definition) is 1. The van der Waals surface area contributed by atoms with Crippen LogP contribution in [-0.4, -0.2) is 31.9 Å². The zero-order valence-electron chi connectivity index (χ0n) is 9.75. The Bertz CT molecular complexity index is 349. The second kappa shape index (κ2) is 5.60. The van der Waals surface area contributed by atoms with Gasteiger partial charge in [0.2, 0.25) is 0 Å². The van der Waals surface area contributed by atoms with E-state index in [2.05, 4.69) is 23.9 Å². The summed E-state index contributed by atoms with van der Waals surface area (Å²) in [4.78, 5) is 14.6. The molecule has 0 fully saturated rings. The van der Waals surface area contributed by atoms with E-state index in [1.54, 1.807) is 4.68 Å². The van der Waals surface area contributed by atoms with E-state index in [1.165, 1.54) is 13.3 Å². The van der Waals surface area contributed by atoms with Gasteiger partial charge in [-0.25, -0.2) is 14.5 Å². The number of nitrogens with zero attached hydrogens (tertiary/aromatic N) is 3. The second-order valence-electron chi connectivity index (χ2n) is 4.04. The molecule has 6 nitrogen and oxygen atoms in total. The lowest BCUT2D eigenvalue weighted by Gasteiger charge is -2.10. The van der Waals surface area contributed by atoms with Gasteiger partial charge in [0, 0.05) is 6.54 Å². The van der Waals surface area contributed by atoms with Crippen molar-refractivity contribution >= 4 is 5.97 Å². The number of carbonyl (C=O) groups is 1. The third kappa shape index (κ3) is 3.62. The van der Waals surface area contributed by atoms with Crippen molar-refractivity contribution in [1.29, 1.82) is 0 Å². The van der Waals surface area contributed by atoms with Crippen LogP contribution in [0.3, 0.4) is 0 Å². The van der Waals surface area contributed by atoms with Crippen molar-refractivity contribution in [3.8, 4) is 0 Å². The van der Waals surface area contributed by atoms with Gasteiger partial charge in [-0.1, -0.05) is 13.8 Å². The molecule has 0 aromatic carbocycles. The van der Waals surface area contributed by atoms with E-state index in [4.69, 9.17) is 9.84 Å². The Balaban J connectivity index is 2.53. The fourth-order valence-electron chi connectivity index (χ4n) is 1.17. The Hall–Kier alpha value is -1.43. The fraction of sp³-hybridized carbons (Fsp3) is 0.700. The lowest BCUT2D eigenvalue weighted by atomic mass is 10.2. The van der Waals surface area contributed by atoms with Crippen molar-refractivity contribution in [2.24, 2.45) is 5.92 Å². The van der Waals surface area contributed by atoms with Crippen LogP contribution in [-0.2, 0) is 22.7 Å². The zero-order chi connectivity index (χ0) is 12.1. The van der Waals surface area contributed by atoms with E-state index in [-0.39, 0.29) is 6.61 Å². The number of carboxylic acids is 1. The molecule has 0 aliphatic carbocycles. The Morgan fingerprint density at radius 2 is 2.25 bits per heavy atom. The Labute approximate surface area is 94.2 Å². The molecule has 0 radical (unpaired) electrons. The Kier molecular flexibility index (Phi) is 4.42. The molecule has 1 aromatic rings. The summed E-state index contributed by atoms with van der Waals surface area (Å²) in [5, 5.41) is 12.7. The lowest BCUT2D eigenvalue weighted by molar-refractivity contribution is -0.150. The number of aromatic nitrogens is 3. The van der Waals surface area contributed by atoms with Crippen LogP contribution in [0.25, 0.3) is 0 Å². The number of hydrogen-bond acceptors (Lipinski definition) is 4. The molecule has 1 N–H and O–H groups in total. The minimum atomic E-state index is -0.977. The highest BCUT2D eigenvalue weighted by Gasteiger charge is 2.13. The van der Waals surface area contributed by atoms with Crippen LogP contribution in [0.2, 0.25) is 0 Å². The summed E-state index contributed by atoms with van der Waals surface area (Å²) in [5.74, 6) is 0.133. The van der Waals surface area contributed by atoms with Gasteiger partial charge >= 0.3 is 5.97 Å². The molecule has 0 spiro atoms. The SMILES string of the molecule is CC(C)Cn1ncnc1COC(C)C(=O)O. The van der Waals surface area contributed by atoms with Gasteiger partial charge in [0.25, 0.3) is 0 Å². The molecule has 6 heteroatoms. The first-order valence-electron chi connectivity index (χ1n) is 5.21. The summed E-state index contributed by atoms with van der Waals surface area (Å²) in [6, 6.07) is 0. The van der Waals surface area contributed by atoms with Crippen LogP contribution in [0, 0.1) is 5.92 Å². The van der Waals surface area contributed by atoms with Crippen molar-refractivity contribution in [1.82, 2.24) is 14.8 Å². The van der Waals surface area contributed by atoms with Crippen LogP contribution in [0.1, 0.15) is 26.6 Å². The first-order valence-corrected chi connectivity index (χ1v) is 5.21. The third-order valence-corrected chi connectivity index (χ3v) is 2.04. The zero-order valence-corrected chi connectivity index (χ0v) is 9.75. The largest absolute Gasteiger partial charge is 0.479 e. The molecule has 1 atom stereocenters. The van der Waals surface area contributed by atoms with E-state index in [0.717, 1.165) is 6.54 Å². The van der Waals surface area contributed by atoms with Gasteiger partial charge in [0.15, 0.2) is 11.9 Å². The van der Waals surface area contributed by atoms with Gasteiger partial charge in [-0.2, -0.15) is 5.10 Å². The number of rotatable bonds is 6. The van der Waals surface area contributed by atoms with Crippen molar-refractivity contribution in [2.45, 2.75) is 40.0 Å². The monoisotopic (exact) mass is 227 g/mol. The molecule has 0 aliphatic heterocycles. The predicted octanol–water partition coefficient (Wildman–Crippen LogP) is 0.924. The molecule has 1 rings (SSSR count). The van der Waals surface area contributed by atoms with Gasteiger partial charge in [-0.05, 0) is 12.8 Å². The topological polar surface area (TPSA) is 77.2 Å². The van der Waals surface area contributed by atoms with Crippen molar-refractivity contribution < 1.29 is 14.6 Å². The molecule has 0 saturated carbocycles. The number of ether oxygens (including phenoxy) is 1. The average Bonchev–Trinajstić information content (AvgIpc) is 2.60. The van der Waals surface area contributed by atoms with Crippen molar-refractivity contribution in [3.63, 3.8) is 0 Å². The third-order valence-electron chi connectivity index (χ3n) is 2.04. The summed E-state index contributed by atoms with van der Waals surface area (Å²) >= 11 is 0. The Morgan fingerprint density at radius 1 is 1.56 bits per heavy atom. The van der Waals surface area contributed by atoms with Crippen LogP contribution >= 0.6 is 0 Å². The molecule has 0 saturated heterocycles. The molecular formula is C10H17N3O3. The van der Waals surface area contributed by atoms with Crippen molar-refractivity contribution in [2.75, 3.05) is 0 Å². The summed E-state index contributed by atoms with van der Waals surface area (Å²) < 4.78 is 6.88. The van der Waals surface area contributed by atoms with Gasteiger partial charge in [-0.15, -0.1) is 0 Å². The maximum absolute atomic E-state index is 10.6. The van der Waals surface area contributed by atoms with E-state index < -0.39 is 12.1 Å². The van der Waals surface area contributed by atoms with Gasteiger partial charge in [0.05, 0.1) is 0 Å². The van der Waals surface area contributed by atoms with Crippen LogP contribution in [0.15, 0.2) is 6.33 Å². The predicted molar refractivity (Wildman–Crippen MR) is 56.7 cm³/mol. The highest BCUT2D eigenvalue weighted by atomic mass is 16.5. The van der Waals surface area contributed by atoms with Crippen LogP contribution < -0.4 is 0 Å². The minimum absolute atomic E-state index is 0.167. The second-order valence-corrected chi connectivity index (χ2v) is 4.04. The van der Waals surface area contributed by atoms with E-state index in [1.807, 2.05) is 0 Å². The lowest BCUT2D eigenvalue weighted by Crippen LogP contribution is -2.21. The summed E-state index contributed by atoms with van der Waals surface area (Å²) in [6.07, 6.45) is 0.621. The maximum Gasteiger partial charge on any atom is 0.332 e. The van der Waals surface area contributed by atoms with E-state index in [9.17, 15) is 4.79 Å². The van der Waals surface area contributed by atoms with Gasteiger partial charge in [-0.3, -0.25) is 0 Å². The quantitative estimate of drug-likeness (QED) is 0.782. The molecular weight excluding hydrogens is 210 g/mol. The van der Waals surface area contributed by atoms with Gasteiger partial charge in [0.1, 0.15) is 12.9 Å². The highest BCUT2D eigenvalue weighted by molar-refractivity contribution is 5.71. The molecule has 1 heterocycles. The maximum atomic E-state index is 10.6. The standard InChI is InChI=1S/C10H17N3O3/c1-7(2)4-13-9(11-6-12-13)5-16-8(3)10(14)15/h6-8H,4-5H2,1-3H3,(H,14,15). The Morgan fingerprint density at radius 3 is 2.81 bits per heavy atom. The summed E-state index contributed by atoms with van der Waals surface area (Å²) in [5.41, 5.74) is 0. The van der Waals surface area contributed by atoms with Crippen LogP contribution in [0.5, 0.6) is 0 Å². The molecule has 90 valence electrons. The number of aliphatic carboxylic acids is 1. The fourth-order valence-corrected chi connectivity index (χ4v) is 1.17. The van der Waals surface area contributed by atoms with E-state index in [0.29, 0.717) is 11.7 Å². The molecule has 0 bridgehead atoms.